The molecule has 1 aromatic carbocycles. The van der Waals surface area contributed by atoms with Crippen molar-refractivity contribution >= 4 is 11.9 Å². The van der Waals surface area contributed by atoms with Crippen LogP contribution in [0.4, 0.5) is 0 Å². The first-order valence-corrected chi connectivity index (χ1v) is 7.95. The molecule has 1 heterocycles. The van der Waals surface area contributed by atoms with Crippen LogP contribution in [-0.4, -0.2) is 35.0 Å². The van der Waals surface area contributed by atoms with Gasteiger partial charge in [0.05, 0.1) is 5.56 Å². The number of carbonyl (C=O) groups excluding carboxylic acids is 1. The molecule has 1 saturated heterocycles. The van der Waals surface area contributed by atoms with Crippen LogP contribution in [0.1, 0.15) is 49.5 Å². The Hall–Kier alpha value is -1.84. The molecule has 0 saturated carbocycles. The standard InChI is InChI=1S/C18H25NO3/c1-4-18(2,3)17(22)19-10-9-14(12-19)11-13-5-7-15(8-6-13)16(20)21/h5-8,14H,4,9-12H2,1-3H3,(H,20,21)/t14-/m0/s1. The van der Waals surface area contributed by atoms with Crippen LogP contribution in [0.5, 0.6) is 0 Å². The van der Waals surface area contributed by atoms with E-state index in [-0.39, 0.29) is 11.3 Å². The van der Waals surface area contributed by atoms with E-state index in [1.807, 2.05) is 30.9 Å². The maximum atomic E-state index is 12.5. The number of rotatable bonds is 5. The molecule has 1 aromatic rings. The Morgan fingerprint density at radius 3 is 2.45 bits per heavy atom. The molecule has 0 bridgehead atoms. The van der Waals surface area contributed by atoms with Crippen LogP contribution < -0.4 is 0 Å². The Morgan fingerprint density at radius 1 is 1.27 bits per heavy atom. The fourth-order valence-electron chi connectivity index (χ4n) is 2.88. The number of carboxylic acids is 1. The van der Waals surface area contributed by atoms with Crippen LogP contribution in [0.2, 0.25) is 0 Å². The average molecular weight is 303 g/mol. The van der Waals surface area contributed by atoms with E-state index >= 15 is 0 Å². The van der Waals surface area contributed by atoms with E-state index in [1.54, 1.807) is 12.1 Å². The number of carbonyl (C=O) groups is 2. The molecule has 0 spiro atoms. The summed E-state index contributed by atoms with van der Waals surface area (Å²) < 4.78 is 0. The largest absolute Gasteiger partial charge is 0.478 e. The second kappa shape index (κ2) is 6.51. The minimum atomic E-state index is -0.897. The molecule has 22 heavy (non-hydrogen) atoms. The number of carboxylic acid groups (broad SMARTS) is 1. The number of likely N-dealkylation sites (tertiary alicyclic amines) is 1. The van der Waals surface area contributed by atoms with Gasteiger partial charge in [-0.25, -0.2) is 4.79 Å². The van der Waals surface area contributed by atoms with Crippen LogP contribution in [-0.2, 0) is 11.2 Å². The van der Waals surface area contributed by atoms with Gasteiger partial charge in [0.2, 0.25) is 5.91 Å². The second-order valence-corrected chi connectivity index (χ2v) is 6.85. The maximum Gasteiger partial charge on any atom is 0.335 e. The Morgan fingerprint density at radius 2 is 1.91 bits per heavy atom. The summed E-state index contributed by atoms with van der Waals surface area (Å²) >= 11 is 0. The molecule has 4 heteroatoms. The van der Waals surface area contributed by atoms with Gasteiger partial charge in [0.25, 0.3) is 0 Å². The van der Waals surface area contributed by atoms with E-state index in [2.05, 4.69) is 6.92 Å². The topological polar surface area (TPSA) is 57.6 Å². The Bertz CT molecular complexity index is 548. The third-order valence-corrected chi connectivity index (χ3v) is 4.76. The summed E-state index contributed by atoms with van der Waals surface area (Å²) in [6.45, 7) is 7.71. The molecule has 2 rings (SSSR count). The zero-order valence-electron chi connectivity index (χ0n) is 13.6. The molecule has 1 aliphatic rings. The number of benzene rings is 1. The van der Waals surface area contributed by atoms with Crippen molar-refractivity contribution in [3.05, 3.63) is 35.4 Å². The molecule has 1 amide bonds. The maximum absolute atomic E-state index is 12.5. The average Bonchev–Trinajstić information content (AvgIpc) is 2.95. The van der Waals surface area contributed by atoms with Crippen molar-refractivity contribution in [3.63, 3.8) is 0 Å². The van der Waals surface area contributed by atoms with Crippen LogP contribution in [0.15, 0.2) is 24.3 Å². The highest BCUT2D eigenvalue weighted by Crippen LogP contribution is 2.28. The van der Waals surface area contributed by atoms with E-state index in [4.69, 9.17) is 5.11 Å². The monoisotopic (exact) mass is 303 g/mol. The first-order valence-electron chi connectivity index (χ1n) is 7.95. The quantitative estimate of drug-likeness (QED) is 0.908. The lowest BCUT2D eigenvalue weighted by Gasteiger charge is -2.28. The first-order chi connectivity index (χ1) is 10.3. The number of aromatic carboxylic acids is 1. The summed E-state index contributed by atoms with van der Waals surface area (Å²) in [6.07, 6.45) is 2.77. The number of hydrogen-bond acceptors (Lipinski definition) is 2. The molecule has 4 nitrogen and oxygen atoms in total. The summed E-state index contributed by atoms with van der Waals surface area (Å²) in [6, 6.07) is 7.05. The molecule has 1 aliphatic heterocycles. The van der Waals surface area contributed by atoms with Gasteiger partial charge in [-0.15, -0.1) is 0 Å². The minimum Gasteiger partial charge on any atom is -0.478 e. The summed E-state index contributed by atoms with van der Waals surface area (Å²) in [5.41, 5.74) is 1.17. The molecular formula is C18H25NO3. The van der Waals surface area contributed by atoms with Crippen LogP contribution in [0, 0.1) is 11.3 Å². The van der Waals surface area contributed by atoms with Crippen molar-refractivity contribution in [1.29, 1.82) is 0 Å². The number of nitrogens with zero attached hydrogens (tertiary/aromatic N) is 1. The van der Waals surface area contributed by atoms with Crippen molar-refractivity contribution in [3.8, 4) is 0 Å². The van der Waals surface area contributed by atoms with E-state index in [0.717, 1.165) is 37.9 Å². The minimum absolute atomic E-state index is 0.249. The van der Waals surface area contributed by atoms with Gasteiger partial charge in [0, 0.05) is 18.5 Å². The highest BCUT2D eigenvalue weighted by molar-refractivity contribution is 5.87. The normalized spacial score (nSPS) is 18.5. The summed E-state index contributed by atoms with van der Waals surface area (Å²) in [5.74, 6) is -0.183. The Kier molecular flexibility index (Phi) is 4.89. The van der Waals surface area contributed by atoms with Gasteiger partial charge in [-0.1, -0.05) is 32.9 Å². The molecule has 120 valence electrons. The molecular weight excluding hydrogens is 278 g/mol. The zero-order valence-corrected chi connectivity index (χ0v) is 13.6. The molecule has 0 aromatic heterocycles. The Labute approximate surface area is 132 Å². The van der Waals surface area contributed by atoms with Gasteiger partial charge < -0.3 is 10.0 Å². The van der Waals surface area contributed by atoms with E-state index in [9.17, 15) is 9.59 Å². The van der Waals surface area contributed by atoms with Gasteiger partial charge in [0.1, 0.15) is 0 Å². The fraction of sp³-hybridized carbons (Fsp3) is 0.556. The van der Waals surface area contributed by atoms with Crippen LogP contribution in [0.3, 0.4) is 0 Å². The lowest BCUT2D eigenvalue weighted by atomic mass is 9.88. The van der Waals surface area contributed by atoms with Crippen LogP contribution in [0.25, 0.3) is 0 Å². The number of amides is 1. The van der Waals surface area contributed by atoms with Crippen molar-refractivity contribution in [2.75, 3.05) is 13.1 Å². The van der Waals surface area contributed by atoms with E-state index < -0.39 is 5.97 Å². The molecule has 1 N–H and O–H groups in total. The second-order valence-electron chi connectivity index (χ2n) is 6.85. The third-order valence-electron chi connectivity index (χ3n) is 4.76. The highest BCUT2D eigenvalue weighted by Gasteiger charge is 2.34. The molecule has 0 unspecified atom stereocenters. The van der Waals surface area contributed by atoms with Crippen molar-refractivity contribution in [2.24, 2.45) is 11.3 Å². The van der Waals surface area contributed by atoms with Crippen molar-refractivity contribution in [1.82, 2.24) is 4.90 Å². The fourth-order valence-corrected chi connectivity index (χ4v) is 2.88. The van der Waals surface area contributed by atoms with Gasteiger partial charge in [-0.2, -0.15) is 0 Å². The van der Waals surface area contributed by atoms with Gasteiger partial charge in [-0.05, 0) is 42.9 Å². The summed E-state index contributed by atoms with van der Waals surface area (Å²) in [7, 11) is 0. The van der Waals surface area contributed by atoms with Crippen molar-refractivity contribution < 1.29 is 14.7 Å². The lowest BCUT2D eigenvalue weighted by Crippen LogP contribution is -2.39. The summed E-state index contributed by atoms with van der Waals surface area (Å²) in [5, 5.41) is 8.91. The van der Waals surface area contributed by atoms with E-state index in [0.29, 0.717) is 11.5 Å². The molecule has 1 fully saturated rings. The van der Waals surface area contributed by atoms with Gasteiger partial charge in [0.15, 0.2) is 0 Å². The van der Waals surface area contributed by atoms with Gasteiger partial charge >= 0.3 is 5.97 Å². The van der Waals surface area contributed by atoms with E-state index in [1.165, 1.54) is 0 Å². The highest BCUT2D eigenvalue weighted by atomic mass is 16.4. The van der Waals surface area contributed by atoms with Gasteiger partial charge in [-0.3, -0.25) is 4.79 Å². The smallest absolute Gasteiger partial charge is 0.335 e. The predicted octanol–water partition coefficient (Wildman–Crippen LogP) is 3.21. The number of hydrogen-bond donors (Lipinski definition) is 1. The third kappa shape index (κ3) is 3.67. The first kappa shape index (κ1) is 16.5. The Balaban J connectivity index is 1.94. The lowest BCUT2D eigenvalue weighted by molar-refractivity contribution is -0.139. The summed E-state index contributed by atoms with van der Waals surface area (Å²) in [4.78, 5) is 25.3. The zero-order chi connectivity index (χ0) is 16.3. The van der Waals surface area contributed by atoms with Crippen molar-refractivity contribution in [2.45, 2.75) is 40.0 Å². The molecule has 0 radical (unpaired) electrons. The van der Waals surface area contributed by atoms with Crippen LogP contribution >= 0.6 is 0 Å². The predicted molar refractivity (Wildman–Crippen MR) is 85.9 cm³/mol. The SMILES string of the molecule is CCC(C)(C)C(=O)N1CC[C@@H](Cc2ccc(C(=O)O)cc2)C1. The molecule has 1 atom stereocenters. The molecule has 0 aliphatic carbocycles.